The molecule has 0 bridgehead atoms. The van der Waals surface area contributed by atoms with Crippen molar-refractivity contribution in [3.05, 3.63) is 12.4 Å². The molecule has 0 radical (unpaired) electrons. The van der Waals surface area contributed by atoms with E-state index in [2.05, 4.69) is 33.2 Å². The molecule has 2 aliphatic rings. The minimum absolute atomic E-state index is 0.715. The van der Waals surface area contributed by atoms with Crippen molar-refractivity contribution in [3.63, 3.8) is 0 Å². The van der Waals surface area contributed by atoms with Gasteiger partial charge in [-0.25, -0.2) is 9.97 Å². The summed E-state index contributed by atoms with van der Waals surface area (Å²) < 4.78 is 0. The first-order chi connectivity index (χ1) is 9.38. The summed E-state index contributed by atoms with van der Waals surface area (Å²) in [5, 5.41) is 3.28. The fourth-order valence-electron chi connectivity index (χ4n) is 3.69. The van der Waals surface area contributed by atoms with Crippen LogP contribution in [0.1, 0.15) is 45.4 Å². The number of aromatic nitrogens is 2. The van der Waals surface area contributed by atoms with Crippen LogP contribution in [0.4, 0.5) is 11.6 Å². The van der Waals surface area contributed by atoms with Crippen LogP contribution in [0.3, 0.4) is 0 Å². The summed E-state index contributed by atoms with van der Waals surface area (Å²) in [6, 6.07) is 2.83. The van der Waals surface area contributed by atoms with Gasteiger partial charge in [0.25, 0.3) is 0 Å². The Balaban J connectivity index is 1.81. The van der Waals surface area contributed by atoms with Crippen molar-refractivity contribution < 1.29 is 0 Å². The summed E-state index contributed by atoms with van der Waals surface area (Å²) in [6.45, 7) is 4.16. The van der Waals surface area contributed by atoms with Crippen molar-refractivity contribution in [1.82, 2.24) is 9.97 Å². The summed E-state index contributed by atoms with van der Waals surface area (Å²) in [5.41, 5.74) is 0. The predicted molar refractivity (Wildman–Crippen MR) is 78.5 cm³/mol. The second kappa shape index (κ2) is 5.76. The van der Waals surface area contributed by atoms with Crippen molar-refractivity contribution in [2.75, 3.05) is 23.3 Å². The molecule has 1 N–H and O–H groups in total. The average Bonchev–Trinajstić information content (AvgIpc) is 2.47. The molecule has 2 atom stereocenters. The molecule has 1 saturated heterocycles. The lowest BCUT2D eigenvalue weighted by Gasteiger charge is -2.44. The summed E-state index contributed by atoms with van der Waals surface area (Å²) in [5.74, 6) is 2.95. The van der Waals surface area contributed by atoms with Crippen molar-refractivity contribution in [1.29, 1.82) is 0 Å². The van der Waals surface area contributed by atoms with Crippen molar-refractivity contribution in [2.24, 2.45) is 5.92 Å². The maximum Gasteiger partial charge on any atom is 0.134 e. The molecule has 1 saturated carbocycles. The first kappa shape index (κ1) is 12.7. The van der Waals surface area contributed by atoms with Crippen LogP contribution in [0.2, 0.25) is 0 Å². The van der Waals surface area contributed by atoms with Crippen molar-refractivity contribution >= 4 is 11.6 Å². The standard InChI is InChI=1S/C15H24N4/c1-2-16-14-10-15(18-11-17-14)19-9-5-7-12-6-3-4-8-13(12)19/h10-13H,2-9H2,1H3,(H,16,17,18). The van der Waals surface area contributed by atoms with Gasteiger partial charge in [-0.1, -0.05) is 12.8 Å². The lowest BCUT2D eigenvalue weighted by molar-refractivity contribution is 0.242. The molecule has 3 rings (SSSR count). The van der Waals surface area contributed by atoms with E-state index in [1.54, 1.807) is 6.33 Å². The molecular formula is C15H24N4. The van der Waals surface area contributed by atoms with E-state index in [0.717, 1.165) is 30.6 Å². The highest BCUT2D eigenvalue weighted by atomic mass is 15.2. The van der Waals surface area contributed by atoms with Crippen LogP contribution in [-0.4, -0.2) is 29.1 Å². The van der Waals surface area contributed by atoms with E-state index in [9.17, 15) is 0 Å². The number of nitrogens with one attached hydrogen (secondary N) is 1. The fraction of sp³-hybridized carbons (Fsp3) is 0.733. The minimum Gasteiger partial charge on any atom is -0.370 e. The predicted octanol–water partition coefficient (Wildman–Crippen LogP) is 3.07. The van der Waals surface area contributed by atoms with Crippen LogP contribution in [0, 0.1) is 5.92 Å². The zero-order valence-electron chi connectivity index (χ0n) is 11.8. The number of anilines is 2. The van der Waals surface area contributed by atoms with Crippen LogP contribution in [0.25, 0.3) is 0 Å². The van der Waals surface area contributed by atoms with Gasteiger partial charge in [0.15, 0.2) is 0 Å². The minimum atomic E-state index is 0.715. The van der Waals surface area contributed by atoms with Gasteiger partial charge in [-0.3, -0.25) is 0 Å². The third-order valence-electron chi connectivity index (χ3n) is 4.55. The molecule has 104 valence electrons. The maximum absolute atomic E-state index is 4.51. The first-order valence-electron chi connectivity index (χ1n) is 7.71. The molecular weight excluding hydrogens is 236 g/mol. The molecule has 0 spiro atoms. The number of piperidine rings is 1. The molecule has 4 nitrogen and oxygen atoms in total. The van der Waals surface area contributed by atoms with Crippen molar-refractivity contribution in [2.45, 2.75) is 51.5 Å². The third-order valence-corrected chi connectivity index (χ3v) is 4.55. The van der Waals surface area contributed by atoms with Gasteiger partial charge in [0.2, 0.25) is 0 Å². The van der Waals surface area contributed by atoms with Crippen LogP contribution in [0.15, 0.2) is 12.4 Å². The van der Waals surface area contributed by atoms with E-state index in [0.29, 0.717) is 6.04 Å². The van der Waals surface area contributed by atoms with E-state index in [1.807, 2.05) is 0 Å². The van der Waals surface area contributed by atoms with Crippen molar-refractivity contribution in [3.8, 4) is 0 Å². The number of hydrogen-bond donors (Lipinski definition) is 1. The molecule has 2 unspecified atom stereocenters. The van der Waals surface area contributed by atoms with Gasteiger partial charge in [-0.2, -0.15) is 0 Å². The number of rotatable bonds is 3. The molecule has 19 heavy (non-hydrogen) atoms. The summed E-state index contributed by atoms with van der Waals surface area (Å²) in [6.07, 6.45) is 9.95. The lowest BCUT2D eigenvalue weighted by atomic mass is 9.78. The molecule has 1 aromatic heterocycles. The van der Waals surface area contributed by atoms with Gasteiger partial charge >= 0.3 is 0 Å². The topological polar surface area (TPSA) is 41.0 Å². The number of fused-ring (bicyclic) bond motifs is 1. The molecule has 1 aliphatic heterocycles. The quantitative estimate of drug-likeness (QED) is 0.907. The Morgan fingerprint density at radius 3 is 2.95 bits per heavy atom. The van der Waals surface area contributed by atoms with E-state index < -0.39 is 0 Å². The maximum atomic E-state index is 4.51. The lowest BCUT2D eigenvalue weighted by Crippen LogP contribution is -2.47. The zero-order chi connectivity index (χ0) is 13.1. The van der Waals surface area contributed by atoms with Crippen LogP contribution < -0.4 is 10.2 Å². The van der Waals surface area contributed by atoms with Gasteiger partial charge in [0.05, 0.1) is 0 Å². The smallest absolute Gasteiger partial charge is 0.134 e. The molecule has 2 fully saturated rings. The fourth-order valence-corrected chi connectivity index (χ4v) is 3.69. The van der Waals surface area contributed by atoms with Crippen LogP contribution in [-0.2, 0) is 0 Å². The second-order valence-corrected chi connectivity index (χ2v) is 5.74. The largest absolute Gasteiger partial charge is 0.370 e. The molecule has 0 amide bonds. The van der Waals surface area contributed by atoms with Gasteiger partial charge in [-0.05, 0) is 38.5 Å². The average molecular weight is 260 g/mol. The molecule has 0 aromatic carbocycles. The first-order valence-corrected chi connectivity index (χ1v) is 7.71. The van der Waals surface area contributed by atoms with E-state index in [1.165, 1.54) is 38.5 Å². The SMILES string of the molecule is CCNc1cc(N2CCCC3CCCCC32)ncn1. The Labute approximate surface area is 115 Å². The Bertz CT molecular complexity index is 418. The third kappa shape index (κ3) is 2.67. The number of nitrogens with zero attached hydrogens (tertiary/aromatic N) is 3. The van der Waals surface area contributed by atoms with E-state index in [-0.39, 0.29) is 0 Å². The van der Waals surface area contributed by atoms with Crippen LogP contribution >= 0.6 is 0 Å². The Morgan fingerprint density at radius 1 is 1.21 bits per heavy atom. The summed E-state index contributed by atoms with van der Waals surface area (Å²) in [4.78, 5) is 11.3. The Morgan fingerprint density at radius 2 is 2.05 bits per heavy atom. The zero-order valence-corrected chi connectivity index (χ0v) is 11.8. The van der Waals surface area contributed by atoms with Crippen LogP contribution in [0.5, 0.6) is 0 Å². The normalized spacial score (nSPS) is 26.9. The highest BCUT2D eigenvalue weighted by Gasteiger charge is 2.33. The second-order valence-electron chi connectivity index (χ2n) is 5.74. The summed E-state index contributed by atoms with van der Waals surface area (Å²) in [7, 11) is 0. The number of hydrogen-bond acceptors (Lipinski definition) is 4. The monoisotopic (exact) mass is 260 g/mol. The van der Waals surface area contributed by atoms with Gasteiger partial charge in [0.1, 0.15) is 18.0 Å². The highest BCUT2D eigenvalue weighted by Crippen LogP contribution is 2.37. The van der Waals surface area contributed by atoms with Gasteiger partial charge < -0.3 is 10.2 Å². The summed E-state index contributed by atoms with van der Waals surface area (Å²) >= 11 is 0. The molecule has 1 aromatic rings. The molecule has 1 aliphatic carbocycles. The van der Waals surface area contributed by atoms with Gasteiger partial charge in [0, 0.05) is 25.2 Å². The van der Waals surface area contributed by atoms with E-state index >= 15 is 0 Å². The molecule has 2 heterocycles. The van der Waals surface area contributed by atoms with E-state index in [4.69, 9.17) is 0 Å². The van der Waals surface area contributed by atoms with Gasteiger partial charge in [-0.15, -0.1) is 0 Å². The Hall–Kier alpha value is -1.32. The molecule has 4 heteroatoms. The Kier molecular flexibility index (Phi) is 3.85. The highest BCUT2D eigenvalue weighted by molar-refractivity contribution is 5.49.